The maximum absolute atomic E-state index is 12.5. The van der Waals surface area contributed by atoms with Crippen LogP contribution >= 0.6 is 0 Å². The molecule has 1 amide bonds. The number of amides is 1. The summed E-state index contributed by atoms with van der Waals surface area (Å²) < 4.78 is 22.6. The van der Waals surface area contributed by atoms with Gasteiger partial charge in [0.15, 0.2) is 6.04 Å². The van der Waals surface area contributed by atoms with Crippen LogP contribution in [0, 0.1) is 0 Å². The van der Waals surface area contributed by atoms with E-state index < -0.39 is 10.0 Å². The van der Waals surface area contributed by atoms with E-state index in [1.165, 1.54) is 28.2 Å². The van der Waals surface area contributed by atoms with Gasteiger partial charge in [0, 0.05) is 12.1 Å². The van der Waals surface area contributed by atoms with Crippen LogP contribution in [0.5, 0.6) is 0 Å². The molecule has 0 radical (unpaired) electrons. The van der Waals surface area contributed by atoms with Crippen molar-refractivity contribution in [2.75, 3.05) is 18.4 Å². The third-order valence-corrected chi connectivity index (χ3v) is 5.86. The van der Waals surface area contributed by atoms with Gasteiger partial charge >= 0.3 is 0 Å². The molecule has 6 nitrogen and oxygen atoms in total. The Kier molecular flexibility index (Phi) is 5.74. The summed E-state index contributed by atoms with van der Waals surface area (Å²) in [6, 6.07) is 15.9. The van der Waals surface area contributed by atoms with Crippen LogP contribution in [0.15, 0.2) is 65.6 Å². The highest BCUT2D eigenvalue weighted by molar-refractivity contribution is 7.89. The van der Waals surface area contributed by atoms with Crippen molar-refractivity contribution in [1.82, 2.24) is 0 Å². The number of anilines is 1. The van der Waals surface area contributed by atoms with Crippen molar-refractivity contribution in [2.45, 2.75) is 24.3 Å². The van der Waals surface area contributed by atoms with Crippen LogP contribution in [0.25, 0.3) is 5.57 Å². The molecule has 0 saturated heterocycles. The van der Waals surface area contributed by atoms with Gasteiger partial charge in [0.05, 0.1) is 18.0 Å². The summed E-state index contributed by atoms with van der Waals surface area (Å²) in [6.45, 7) is 3.59. The summed E-state index contributed by atoms with van der Waals surface area (Å²) in [5, 5.41) is 7.93. The Bertz CT molecular complexity index is 938. The number of primary sulfonamides is 1. The topological polar surface area (TPSA) is 93.7 Å². The van der Waals surface area contributed by atoms with Crippen LogP contribution in [-0.4, -0.2) is 33.5 Å². The molecule has 0 aliphatic carbocycles. The van der Waals surface area contributed by atoms with Crippen LogP contribution in [-0.2, 0) is 14.8 Å². The first-order chi connectivity index (χ1) is 12.8. The van der Waals surface area contributed by atoms with Crippen molar-refractivity contribution in [1.29, 1.82) is 0 Å². The molecule has 1 aliphatic rings. The second-order valence-corrected chi connectivity index (χ2v) is 8.30. The molecule has 0 aromatic heterocycles. The number of sulfonamides is 1. The van der Waals surface area contributed by atoms with Crippen molar-refractivity contribution in [3.05, 3.63) is 66.2 Å². The monoisotopic (exact) mass is 386 g/mol. The second-order valence-electron chi connectivity index (χ2n) is 6.74. The highest BCUT2D eigenvalue weighted by Gasteiger charge is 2.27. The highest BCUT2D eigenvalue weighted by atomic mass is 32.2. The fourth-order valence-electron chi connectivity index (χ4n) is 3.23. The Labute approximate surface area is 159 Å². The molecule has 0 fully saturated rings. The van der Waals surface area contributed by atoms with E-state index in [1.54, 1.807) is 12.1 Å². The fraction of sp³-hybridized carbons (Fsp3) is 0.250. The van der Waals surface area contributed by atoms with E-state index in [-0.39, 0.29) is 16.8 Å². The lowest BCUT2D eigenvalue weighted by Crippen LogP contribution is -3.17. The van der Waals surface area contributed by atoms with Crippen LogP contribution < -0.4 is 15.4 Å². The smallest absolute Gasteiger partial charge is 0.282 e. The zero-order valence-corrected chi connectivity index (χ0v) is 16.0. The first-order valence-electron chi connectivity index (χ1n) is 8.87. The zero-order valence-electron chi connectivity index (χ0n) is 15.2. The Morgan fingerprint density at radius 3 is 2.33 bits per heavy atom. The predicted octanol–water partition coefficient (Wildman–Crippen LogP) is 1.03. The van der Waals surface area contributed by atoms with Gasteiger partial charge in [-0.3, -0.25) is 4.79 Å². The van der Waals surface area contributed by atoms with Crippen molar-refractivity contribution < 1.29 is 18.1 Å². The summed E-state index contributed by atoms with van der Waals surface area (Å²) in [4.78, 5) is 13.8. The average molecular weight is 386 g/mol. The van der Waals surface area contributed by atoms with Gasteiger partial charge in [-0.05, 0) is 48.4 Å². The molecule has 0 bridgehead atoms. The van der Waals surface area contributed by atoms with E-state index in [0.29, 0.717) is 5.69 Å². The minimum Gasteiger partial charge on any atom is -0.321 e. The van der Waals surface area contributed by atoms with Crippen LogP contribution in [0.4, 0.5) is 5.69 Å². The first kappa shape index (κ1) is 19.3. The van der Waals surface area contributed by atoms with Gasteiger partial charge < -0.3 is 10.2 Å². The molecule has 0 spiro atoms. The number of carbonyl (C=O) groups is 1. The molecule has 2 atom stereocenters. The Hall–Kier alpha value is -2.48. The predicted molar refractivity (Wildman–Crippen MR) is 106 cm³/mol. The number of benzene rings is 2. The van der Waals surface area contributed by atoms with Gasteiger partial charge in [-0.1, -0.05) is 30.3 Å². The van der Waals surface area contributed by atoms with Crippen LogP contribution in [0.2, 0.25) is 0 Å². The van der Waals surface area contributed by atoms with Gasteiger partial charge in [-0.25, -0.2) is 13.6 Å². The van der Waals surface area contributed by atoms with Crippen LogP contribution in [0.1, 0.15) is 18.9 Å². The van der Waals surface area contributed by atoms with E-state index in [2.05, 4.69) is 23.5 Å². The van der Waals surface area contributed by atoms with Gasteiger partial charge in [0.25, 0.3) is 5.91 Å². The molecule has 1 aliphatic heterocycles. The molecule has 27 heavy (non-hydrogen) atoms. The minimum absolute atomic E-state index is 0.0220. The average Bonchev–Trinajstić information content (AvgIpc) is 2.68. The zero-order chi connectivity index (χ0) is 19.4. The maximum Gasteiger partial charge on any atom is 0.282 e. The molecule has 1 unspecified atom stereocenters. The summed E-state index contributed by atoms with van der Waals surface area (Å²) in [6.07, 6.45) is 3.14. The highest BCUT2D eigenvalue weighted by Crippen LogP contribution is 2.18. The first-order valence-corrected chi connectivity index (χ1v) is 10.4. The molecule has 1 heterocycles. The number of rotatable bonds is 5. The third-order valence-electron chi connectivity index (χ3n) is 4.93. The SMILES string of the molecule is C[C@@H](C(=O)Nc1ccc(S(N)(=O)=O)cc1)[NH+]1CC=C(c2ccccc2)CC1. The van der Waals surface area contributed by atoms with E-state index >= 15 is 0 Å². The van der Waals surface area contributed by atoms with E-state index in [1.807, 2.05) is 25.1 Å². The van der Waals surface area contributed by atoms with Crippen molar-refractivity contribution in [2.24, 2.45) is 5.14 Å². The fourth-order valence-corrected chi connectivity index (χ4v) is 3.74. The molecule has 0 saturated carbocycles. The molecule has 142 valence electrons. The second kappa shape index (κ2) is 8.04. The number of hydrogen-bond acceptors (Lipinski definition) is 3. The molecule has 3 rings (SSSR count). The van der Waals surface area contributed by atoms with Crippen molar-refractivity contribution in [3.8, 4) is 0 Å². The van der Waals surface area contributed by atoms with Crippen LogP contribution in [0.3, 0.4) is 0 Å². The van der Waals surface area contributed by atoms with E-state index in [0.717, 1.165) is 19.5 Å². The third kappa shape index (κ3) is 4.82. The summed E-state index contributed by atoms with van der Waals surface area (Å²) in [7, 11) is -3.73. The standard InChI is InChI=1S/C20H23N3O3S/c1-15(20(24)22-18-7-9-19(10-8-18)27(21,25)26)23-13-11-17(12-14-23)16-5-3-2-4-6-16/h2-11,15H,12-14H2,1H3,(H,22,24)(H2,21,25,26)/p+1/t15-/m0/s1. The number of nitrogens with one attached hydrogen (secondary N) is 2. The lowest BCUT2D eigenvalue weighted by molar-refractivity contribution is -0.909. The largest absolute Gasteiger partial charge is 0.321 e. The summed E-state index contributed by atoms with van der Waals surface area (Å²) in [5.41, 5.74) is 3.12. The molecule has 2 aromatic rings. The van der Waals surface area contributed by atoms with Crippen molar-refractivity contribution in [3.63, 3.8) is 0 Å². The van der Waals surface area contributed by atoms with E-state index in [4.69, 9.17) is 5.14 Å². The molecular weight excluding hydrogens is 362 g/mol. The lowest BCUT2D eigenvalue weighted by atomic mass is 9.99. The van der Waals surface area contributed by atoms with Crippen molar-refractivity contribution >= 4 is 27.2 Å². The number of nitrogens with two attached hydrogens (primary N) is 1. The minimum atomic E-state index is -3.73. The molecular formula is C20H24N3O3S+. The van der Waals surface area contributed by atoms with Gasteiger partial charge in [0.1, 0.15) is 0 Å². The van der Waals surface area contributed by atoms with Gasteiger partial charge in [-0.15, -0.1) is 0 Å². The molecule has 2 aromatic carbocycles. The van der Waals surface area contributed by atoms with Gasteiger partial charge in [0.2, 0.25) is 10.0 Å². The lowest BCUT2D eigenvalue weighted by Gasteiger charge is -2.28. The normalized spacial score (nSPS) is 18.4. The summed E-state index contributed by atoms with van der Waals surface area (Å²) in [5.74, 6) is -0.0927. The molecule has 4 N–H and O–H groups in total. The summed E-state index contributed by atoms with van der Waals surface area (Å²) >= 11 is 0. The quantitative estimate of drug-likeness (QED) is 0.717. The Morgan fingerprint density at radius 1 is 1.11 bits per heavy atom. The Balaban J connectivity index is 1.60. The Morgan fingerprint density at radius 2 is 1.78 bits per heavy atom. The maximum atomic E-state index is 12.5. The van der Waals surface area contributed by atoms with Gasteiger partial charge in [-0.2, -0.15) is 0 Å². The number of carbonyl (C=O) groups excluding carboxylic acids is 1. The molecule has 7 heteroatoms. The number of hydrogen-bond donors (Lipinski definition) is 3. The number of quaternary nitrogens is 1. The van der Waals surface area contributed by atoms with E-state index in [9.17, 15) is 13.2 Å².